The highest BCUT2D eigenvalue weighted by molar-refractivity contribution is 5.80. The van der Waals surface area contributed by atoms with Crippen molar-refractivity contribution in [3.8, 4) is 0 Å². The Labute approximate surface area is 127 Å². The van der Waals surface area contributed by atoms with E-state index in [1.165, 1.54) is 6.07 Å². The van der Waals surface area contributed by atoms with Crippen molar-refractivity contribution in [3.05, 3.63) is 47.4 Å². The third-order valence-corrected chi connectivity index (χ3v) is 3.85. The zero-order valence-corrected chi connectivity index (χ0v) is 12.0. The molecule has 0 radical (unpaired) electrons. The van der Waals surface area contributed by atoms with E-state index in [1.807, 2.05) is 4.90 Å². The molecule has 6 nitrogen and oxygen atoms in total. The number of nitrogens with two attached hydrogens (primary N) is 1. The molecule has 2 aromatic rings. The number of primary amides is 1. The monoisotopic (exact) mass is 304 g/mol. The summed E-state index contributed by atoms with van der Waals surface area (Å²) in [7, 11) is 0. The van der Waals surface area contributed by atoms with Gasteiger partial charge in [0.2, 0.25) is 11.8 Å². The molecule has 3 rings (SSSR count). The number of benzene rings is 1. The van der Waals surface area contributed by atoms with Crippen molar-refractivity contribution in [1.29, 1.82) is 0 Å². The van der Waals surface area contributed by atoms with Crippen LogP contribution in [0.25, 0.3) is 0 Å². The Kier molecular flexibility index (Phi) is 4.15. The van der Waals surface area contributed by atoms with Crippen molar-refractivity contribution in [1.82, 2.24) is 15.0 Å². The molecule has 1 aromatic carbocycles. The van der Waals surface area contributed by atoms with E-state index in [0.717, 1.165) is 19.4 Å². The van der Waals surface area contributed by atoms with Gasteiger partial charge in [0.25, 0.3) is 0 Å². The summed E-state index contributed by atoms with van der Waals surface area (Å²) in [5.74, 6) is 0.222. The van der Waals surface area contributed by atoms with E-state index in [0.29, 0.717) is 23.8 Å². The van der Waals surface area contributed by atoms with Crippen molar-refractivity contribution in [3.63, 3.8) is 0 Å². The number of hydrogen-bond acceptors (Lipinski definition) is 5. The van der Waals surface area contributed by atoms with Gasteiger partial charge in [-0.25, -0.2) is 4.39 Å². The molecule has 1 saturated heterocycles. The van der Waals surface area contributed by atoms with Gasteiger partial charge in [0.15, 0.2) is 5.82 Å². The molecule has 0 aliphatic carbocycles. The summed E-state index contributed by atoms with van der Waals surface area (Å²) in [6.07, 6.45) is 1.95. The summed E-state index contributed by atoms with van der Waals surface area (Å²) >= 11 is 0. The maximum atomic E-state index is 13.6. The molecule has 0 saturated carbocycles. The van der Waals surface area contributed by atoms with E-state index in [4.69, 9.17) is 10.3 Å². The van der Waals surface area contributed by atoms with Gasteiger partial charge in [-0.05, 0) is 31.0 Å². The van der Waals surface area contributed by atoms with Gasteiger partial charge in [-0.3, -0.25) is 9.69 Å². The van der Waals surface area contributed by atoms with Crippen LogP contribution in [0.15, 0.2) is 28.8 Å². The minimum absolute atomic E-state index is 0.273. The number of amides is 1. The smallest absolute Gasteiger partial charge is 0.240 e. The van der Waals surface area contributed by atoms with Gasteiger partial charge < -0.3 is 10.3 Å². The molecule has 1 amide bonds. The minimum Gasteiger partial charge on any atom is -0.368 e. The number of carbonyl (C=O) groups excluding carboxylic acids is 1. The summed E-state index contributed by atoms with van der Waals surface area (Å²) in [6, 6.07) is 6.22. The second kappa shape index (κ2) is 6.23. The summed E-state index contributed by atoms with van der Waals surface area (Å²) in [5, 5.41) is 3.87. The normalized spacial score (nSPS) is 18.7. The molecule has 1 aliphatic heterocycles. The Balaban J connectivity index is 1.67. The second-order valence-corrected chi connectivity index (χ2v) is 5.40. The van der Waals surface area contributed by atoms with Crippen LogP contribution in [0.4, 0.5) is 4.39 Å². The summed E-state index contributed by atoms with van der Waals surface area (Å²) in [6.45, 7) is 1.16. The van der Waals surface area contributed by atoms with E-state index in [1.54, 1.807) is 18.2 Å². The van der Waals surface area contributed by atoms with Crippen LogP contribution in [0.2, 0.25) is 0 Å². The van der Waals surface area contributed by atoms with Crippen molar-refractivity contribution in [2.45, 2.75) is 31.8 Å². The highest BCUT2D eigenvalue weighted by atomic mass is 19.1. The fourth-order valence-electron chi connectivity index (χ4n) is 2.75. The number of rotatable bonds is 5. The predicted molar refractivity (Wildman–Crippen MR) is 76.1 cm³/mol. The molecule has 1 aliphatic rings. The lowest BCUT2D eigenvalue weighted by molar-refractivity contribution is -0.122. The molecule has 0 unspecified atom stereocenters. The summed E-state index contributed by atoms with van der Waals surface area (Å²) in [5.41, 5.74) is 5.90. The average Bonchev–Trinajstić information content (AvgIpc) is 3.11. The van der Waals surface area contributed by atoms with Crippen LogP contribution in [-0.4, -0.2) is 33.5 Å². The quantitative estimate of drug-likeness (QED) is 0.898. The standard InChI is InChI=1S/C15H17FN4O2/c16-11-5-2-1-4-10(11)8-13-18-14(22-19-13)9-20-7-3-6-12(20)15(17)21/h1-2,4-5,12H,3,6-9H2,(H2,17,21)/t12-/m0/s1. The van der Waals surface area contributed by atoms with Gasteiger partial charge in [-0.2, -0.15) is 4.98 Å². The van der Waals surface area contributed by atoms with E-state index in [-0.39, 0.29) is 24.2 Å². The van der Waals surface area contributed by atoms with Gasteiger partial charge in [0.1, 0.15) is 5.82 Å². The number of aromatic nitrogens is 2. The SMILES string of the molecule is NC(=O)[C@@H]1CCCN1Cc1nc(Cc2ccccc2F)no1. The first-order valence-electron chi connectivity index (χ1n) is 7.21. The zero-order chi connectivity index (χ0) is 15.5. The van der Waals surface area contributed by atoms with Crippen LogP contribution in [0.5, 0.6) is 0 Å². The van der Waals surface area contributed by atoms with Gasteiger partial charge in [0, 0.05) is 6.42 Å². The Morgan fingerprint density at radius 1 is 1.45 bits per heavy atom. The average molecular weight is 304 g/mol. The van der Waals surface area contributed by atoms with Gasteiger partial charge in [-0.1, -0.05) is 23.4 Å². The molecule has 0 bridgehead atoms. The maximum Gasteiger partial charge on any atom is 0.240 e. The molecule has 116 valence electrons. The van der Waals surface area contributed by atoms with E-state index in [2.05, 4.69) is 10.1 Å². The predicted octanol–water partition coefficient (Wildman–Crippen LogP) is 1.25. The molecular weight excluding hydrogens is 287 g/mol. The Morgan fingerprint density at radius 2 is 2.27 bits per heavy atom. The fourth-order valence-corrected chi connectivity index (χ4v) is 2.75. The van der Waals surface area contributed by atoms with Crippen LogP contribution < -0.4 is 5.73 Å². The van der Waals surface area contributed by atoms with Crippen molar-refractivity contribution < 1.29 is 13.7 Å². The van der Waals surface area contributed by atoms with E-state index >= 15 is 0 Å². The number of halogens is 1. The maximum absolute atomic E-state index is 13.6. The molecule has 1 fully saturated rings. The topological polar surface area (TPSA) is 85.3 Å². The van der Waals surface area contributed by atoms with E-state index in [9.17, 15) is 9.18 Å². The summed E-state index contributed by atoms with van der Waals surface area (Å²) in [4.78, 5) is 17.6. The molecule has 22 heavy (non-hydrogen) atoms. The number of hydrogen-bond donors (Lipinski definition) is 1. The fraction of sp³-hybridized carbons (Fsp3) is 0.400. The molecule has 0 spiro atoms. The first-order chi connectivity index (χ1) is 10.6. The van der Waals surface area contributed by atoms with Gasteiger partial charge in [0.05, 0.1) is 12.6 Å². The molecule has 1 aromatic heterocycles. The minimum atomic E-state index is -0.330. The number of nitrogens with zero attached hydrogens (tertiary/aromatic N) is 3. The third kappa shape index (κ3) is 3.14. The first-order valence-corrected chi connectivity index (χ1v) is 7.21. The molecule has 2 N–H and O–H groups in total. The first kappa shape index (κ1) is 14.6. The van der Waals surface area contributed by atoms with Crippen LogP contribution >= 0.6 is 0 Å². The summed E-state index contributed by atoms with van der Waals surface area (Å²) < 4.78 is 18.8. The molecule has 2 heterocycles. The van der Waals surface area contributed by atoms with Gasteiger partial charge >= 0.3 is 0 Å². The molecule has 1 atom stereocenters. The lowest BCUT2D eigenvalue weighted by Crippen LogP contribution is -2.39. The molecule has 7 heteroatoms. The van der Waals surface area contributed by atoms with Crippen molar-refractivity contribution in [2.75, 3.05) is 6.54 Å². The van der Waals surface area contributed by atoms with Crippen molar-refractivity contribution in [2.24, 2.45) is 5.73 Å². The van der Waals surface area contributed by atoms with Crippen molar-refractivity contribution >= 4 is 5.91 Å². The zero-order valence-electron chi connectivity index (χ0n) is 12.0. The number of carbonyl (C=O) groups is 1. The lowest BCUT2D eigenvalue weighted by atomic mass is 10.1. The van der Waals surface area contributed by atoms with Crippen LogP contribution in [0.1, 0.15) is 30.1 Å². The van der Waals surface area contributed by atoms with Crippen LogP contribution in [-0.2, 0) is 17.8 Å². The largest absolute Gasteiger partial charge is 0.368 e. The third-order valence-electron chi connectivity index (χ3n) is 3.85. The van der Waals surface area contributed by atoms with E-state index < -0.39 is 0 Å². The Morgan fingerprint density at radius 3 is 3.05 bits per heavy atom. The van der Waals surface area contributed by atoms with Gasteiger partial charge in [-0.15, -0.1) is 0 Å². The lowest BCUT2D eigenvalue weighted by Gasteiger charge is -2.19. The Hall–Kier alpha value is -2.28. The van der Waals surface area contributed by atoms with Crippen LogP contribution in [0.3, 0.4) is 0 Å². The number of likely N-dealkylation sites (tertiary alicyclic amines) is 1. The Bertz CT molecular complexity index is 673. The second-order valence-electron chi connectivity index (χ2n) is 5.40. The highest BCUT2D eigenvalue weighted by Crippen LogP contribution is 2.19. The van der Waals surface area contributed by atoms with Crippen LogP contribution in [0, 0.1) is 5.82 Å². The molecular formula is C15H17FN4O2. The highest BCUT2D eigenvalue weighted by Gasteiger charge is 2.30.